The average Bonchev–Trinajstić information content (AvgIpc) is 2.65. The highest BCUT2D eigenvalue weighted by molar-refractivity contribution is 5.92. The van der Waals surface area contributed by atoms with E-state index in [0.717, 1.165) is 11.3 Å². The summed E-state index contributed by atoms with van der Waals surface area (Å²) in [6, 6.07) is 27.1. The van der Waals surface area contributed by atoms with E-state index < -0.39 is 0 Å². The predicted octanol–water partition coefficient (Wildman–Crippen LogP) is 5.61. The zero-order chi connectivity index (χ0) is 17.5. The highest BCUT2D eigenvalue weighted by atomic mass is 16.5. The molecule has 25 heavy (non-hydrogen) atoms. The maximum absolute atomic E-state index is 12.4. The molecule has 0 aliphatic heterocycles. The third kappa shape index (κ3) is 4.70. The van der Waals surface area contributed by atoms with Crippen LogP contribution in [0.4, 0.5) is 5.69 Å². The molecule has 1 amide bonds. The number of benzene rings is 3. The molecule has 1 atom stereocenters. The first-order valence-electron chi connectivity index (χ1n) is 8.39. The van der Waals surface area contributed by atoms with Gasteiger partial charge in [-0.3, -0.25) is 4.79 Å². The van der Waals surface area contributed by atoms with E-state index in [-0.39, 0.29) is 11.8 Å². The number of hydrogen-bond donors (Lipinski definition) is 1. The van der Waals surface area contributed by atoms with Crippen molar-refractivity contribution < 1.29 is 9.53 Å². The van der Waals surface area contributed by atoms with E-state index in [1.54, 1.807) is 0 Å². The molecule has 0 aromatic heterocycles. The summed E-state index contributed by atoms with van der Waals surface area (Å²) >= 11 is 0. The number of hydrogen-bond acceptors (Lipinski definition) is 2. The molecule has 0 spiro atoms. The van der Waals surface area contributed by atoms with Gasteiger partial charge in [-0.15, -0.1) is 0 Å². The molecule has 0 bridgehead atoms. The number of carbonyl (C=O) groups is 1. The van der Waals surface area contributed by atoms with E-state index in [4.69, 9.17) is 4.74 Å². The van der Waals surface area contributed by atoms with Gasteiger partial charge >= 0.3 is 0 Å². The first-order chi connectivity index (χ1) is 12.2. The molecule has 0 fully saturated rings. The Morgan fingerprint density at radius 3 is 2.20 bits per heavy atom. The molecule has 3 heteroatoms. The van der Waals surface area contributed by atoms with Gasteiger partial charge in [0.2, 0.25) is 5.91 Å². The molecule has 0 saturated heterocycles. The normalized spacial score (nSPS) is 11.6. The topological polar surface area (TPSA) is 38.3 Å². The molecule has 3 aromatic rings. The van der Waals surface area contributed by atoms with Gasteiger partial charge < -0.3 is 10.1 Å². The molecule has 3 rings (SSSR count). The second-order valence-corrected chi connectivity index (χ2v) is 5.98. The Bertz CT molecular complexity index is 816. The van der Waals surface area contributed by atoms with Crippen molar-refractivity contribution in [2.24, 2.45) is 0 Å². The smallest absolute Gasteiger partial charge is 0.225 e. The van der Waals surface area contributed by atoms with Crippen molar-refractivity contribution in [2.75, 3.05) is 5.32 Å². The van der Waals surface area contributed by atoms with Gasteiger partial charge in [0.1, 0.15) is 5.75 Å². The summed E-state index contributed by atoms with van der Waals surface area (Å²) in [5, 5.41) is 2.97. The Balaban J connectivity index is 1.67. The number of amides is 1. The van der Waals surface area contributed by atoms with Crippen molar-refractivity contribution >= 4 is 11.6 Å². The maximum atomic E-state index is 12.4. The highest BCUT2D eigenvalue weighted by Crippen LogP contribution is 2.29. The molecule has 3 aromatic carbocycles. The fraction of sp³-hybridized carbons (Fsp3) is 0.136. The van der Waals surface area contributed by atoms with Crippen molar-refractivity contribution in [1.29, 1.82) is 0 Å². The van der Waals surface area contributed by atoms with Gasteiger partial charge in [-0.2, -0.15) is 0 Å². The fourth-order valence-corrected chi connectivity index (χ4v) is 2.65. The number of ether oxygens (including phenoxy) is 1. The molecule has 0 aliphatic carbocycles. The molecule has 1 N–H and O–H groups in total. The van der Waals surface area contributed by atoms with Gasteiger partial charge in [-0.05, 0) is 35.7 Å². The van der Waals surface area contributed by atoms with Gasteiger partial charge in [0.25, 0.3) is 0 Å². The van der Waals surface area contributed by atoms with E-state index in [9.17, 15) is 4.79 Å². The molecular formula is C22H21NO2. The van der Waals surface area contributed by atoms with Crippen LogP contribution in [-0.4, -0.2) is 5.91 Å². The van der Waals surface area contributed by atoms with Gasteiger partial charge in [-0.25, -0.2) is 0 Å². The average molecular weight is 331 g/mol. The molecule has 126 valence electrons. The molecule has 0 saturated carbocycles. The van der Waals surface area contributed by atoms with Gasteiger partial charge in [0, 0.05) is 6.42 Å². The number of nitrogens with one attached hydrogen (secondary N) is 1. The second kappa shape index (κ2) is 8.15. The first-order valence-corrected chi connectivity index (χ1v) is 8.39. The van der Waals surface area contributed by atoms with E-state index in [0.29, 0.717) is 17.9 Å². The maximum Gasteiger partial charge on any atom is 0.225 e. The van der Waals surface area contributed by atoms with Gasteiger partial charge in [0.15, 0.2) is 5.75 Å². The van der Waals surface area contributed by atoms with Crippen LogP contribution in [0.2, 0.25) is 0 Å². The Morgan fingerprint density at radius 1 is 0.880 bits per heavy atom. The molecule has 0 aliphatic rings. The fourth-order valence-electron chi connectivity index (χ4n) is 2.65. The summed E-state index contributed by atoms with van der Waals surface area (Å²) in [5.74, 6) is 1.50. The van der Waals surface area contributed by atoms with E-state index in [1.165, 1.54) is 0 Å². The summed E-state index contributed by atoms with van der Waals surface area (Å²) in [6.07, 6.45) is 0.420. The zero-order valence-electron chi connectivity index (χ0n) is 14.2. The predicted molar refractivity (Wildman–Crippen MR) is 101 cm³/mol. The number of rotatable bonds is 6. The van der Waals surface area contributed by atoms with Crippen LogP contribution in [0.25, 0.3) is 0 Å². The van der Waals surface area contributed by atoms with Crippen LogP contribution in [0.5, 0.6) is 11.5 Å². The van der Waals surface area contributed by atoms with Crippen molar-refractivity contribution in [2.45, 2.75) is 19.3 Å². The van der Waals surface area contributed by atoms with Crippen molar-refractivity contribution in [3.05, 3.63) is 90.5 Å². The van der Waals surface area contributed by atoms with Crippen LogP contribution in [0.3, 0.4) is 0 Å². The minimum Gasteiger partial charge on any atom is -0.455 e. The largest absolute Gasteiger partial charge is 0.455 e. The molecule has 0 heterocycles. The number of para-hydroxylation sites is 3. The molecule has 0 radical (unpaired) electrons. The Labute approximate surface area is 148 Å². The summed E-state index contributed by atoms with van der Waals surface area (Å²) in [4.78, 5) is 12.4. The monoisotopic (exact) mass is 331 g/mol. The van der Waals surface area contributed by atoms with Crippen LogP contribution in [-0.2, 0) is 4.79 Å². The Kier molecular flexibility index (Phi) is 5.47. The Hall–Kier alpha value is -3.07. The minimum absolute atomic E-state index is 0.0273. The van der Waals surface area contributed by atoms with E-state index in [2.05, 4.69) is 12.2 Å². The SMILES string of the molecule is CC(CC(=O)Nc1ccccc1Oc1ccccc1)c1ccccc1. The zero-order valence-corrected chi connectivity index (χ0v) is 14.2. The van der Waals surface area contributed by atoms with Gasteiger partial charge in [0.05, 0.1) is 5.69 Å². The molecule has 3 nitrogen and oxygen atoms in total. The van der Waals surface area contributed by atoms with Crippen LogP contribution < -0.4 is 10.1 Å². The summed E-state index contributed by atoms with van der Waals surface area (Å²) in [5.41, 5.74) is 1.84. The quantitative estimate of drug-likeness (QED) is 0.637. The van der Waals surface area contributed by atoms with Gasteiger partial charge in [-0.1, -0.05) is 67.6 Å². The second-order valence-electron chi connectivity index (χ2n) is 5.98. The lowest BCUT2D eigenvalue weighted by Crippen LogP contribution is -2.14. The first kappa shape index (κ1) is 16.8. The van der Waals surface area contributed by atoms with Crippen LogP contribution in [0.15, 0.2) is 84.9 Å². The van der Waals surface area contributed by atoms with E-state index >= 15 is 0 Å². The van der Waals surface area contributed by atoms with Crippen LogP contribution in [0, 0.1) is 0 Å². The van der Waals surface area contributed by atoms with Crippen molar-refractivity contribution in [3.8, 4) is 11.5 Å². The van der Waals surface area contributed by atoms with Crippen LogP contribution in [0.1, 0.15) is 24.8 Å². The van der Waals surface area contributed by atoms with Crippen molar-refractivity contribution in [1.82, 2.24) is 0 Å². The summed E-state index contributed by atoms with van der Waals surface area (Å²) in [6.45, 7) is 2.06. The van der Waals surface area contributed by atoms with E-state index in [1.807, 2.05) is 84.9 Å². The Morgan fingerprint density at radius 2 is 1.48 bits per heavy atom. The minimum atomic E-state index is -0.0273. The molecular weight excluding hydrogens is 310 g/mol. The lowest BCUT2D eigenvalue weighted by Gasteiger charge is -2.14. The summed E-state index contributed by atoms with van der Waals surface area (Å²) in [7, 11) is 0. The van der Waals surface area contributed by atoms with Crippen molar-refractivity contribution in [3.63, 3.8) is 0 Å². The standard InChI is InChI=1S/C22H21NO2/c1-17(18-10-4-2-5-11-18)16-22(24)23-20-14-8-9-15-21(20)25-19-12-6-3-7-13-19/h2-15,17H,16H2,1H3,(H,23,24). The third-order valence-corrected chi connectivity index (χ3v) is 3.99. The number of carbonyl (C=O) groups excluding carboxylic acids is 1. The third-order valence-electron chi connectivity index (χ3n) is 3.99. The lowest BCUT2D eigenvalue weighted by atomic mass is 9.97. The highest BCUT2D eigenvalue weighted by Gasteiger charge is 2.13. The number of anilines is 1. The van der Waals surface area contributed by atoms with Crippen LogP contribution >= 0.6 is 0 Å². The molecule has 1 unspecified atom stereocenters. The summed E-state index contributed by atoms with van der Waals surface area (Å²) < 4.78 is 5.89. The lowest BCUT2D eigenvalue weighted by molar-refractivity contribution is -0.116.